The zero-order valence-electron chi connectivity index (χ0n) is 17.2. The van der Waals surface area contributed by atoms with Crippen LogP contribution in [0.25, 0.3) is 11.4 Å². The second-order valence-corrected chi connectivity index (χ2v) is 7.17. The summed E-state index contributed by atoms with van der Waals surface area (Å²) in [5.41, 5.74) is 1.85. The number of benzene rings is 2. The number of anilines is 1. The molecule has 8 heteroatoms. The zero-order valence-corrected chi connectivity index (χ0v) is 17.2. The largest absolute Gasteiger partial charge is 0.493 e. The molecule has 158 valence electrons. The molecule has 0 bridgehead atoms. The summed E-state index contributed by atoms with van der Waals surface area (Å²) in [7, 11) is 3.19. The number of nitrogens with zero attached hydrogens (tertiary/aromatic N) is 4. The van der Waals surface area contributed by atoms with Crippen LogP contribution in [0.3, 0.4) is 0 Å². The third-order valence-electron chi connectivity index (χ3n) is 5.25. The van der Waals surface area contributed by atoms with Crippen molar-refractivity contribution >= 4 is 5.69 Å². The van der Waals surface area contributed by atoms with Crippen LogP contribution in [-0.4, -0.2) is 55.4 Å². The minimum absolute atomic E-state index is 0.211. The van der Waals surface area contributed by atoms with Crippen molar-refractivity contribution in [2.45, 2.75) is 13.0 Å². The Balaban J connectivity index is 1.40. The van der Waals surface area contributed by atoms with Gasteiger partial charge in [-0.3, -0.25) is 4.90 Å². The van der Waals surface area contributed by atoms with E-state index in [-0.39, 0.29) is 5.82 Å². The molecule has 0 N–H and O–H groups in total. The van der Waals surface area contributed by atoms with Crippen molar-refractivity contribution < 1.29 is 18.4 Å². The fourth-order valence-electron chi connectivity index (χ4n) is 3.64. The maximum Gasteiger partial charge on any atom is 0.241 e. The van der Waals surface area contributed by atoms with Crippen LogP contribution in [-0.2, 0) is 6.54 Å². The lowest BCUT2D eigenvalue weighted by Crippen LogP contribution is -2.30. The normalized spacial score (nSPS) is 15.1. The Morgan fingerprint density at radius 3 is 2.53 bits per heavy atom. The number of aromatic nitrogens is 2. The van der Waals surface area contributed by atoms with Crippen LogP contribution >= 0.6 is 0 Å². The summed E-state index contributed by atoms with van der Waals surface area (Å²) in [6.07, 6.45) is 1.01. The van der Waals surface area contributed by atoms with Crippen molar-refractivity contribution in [3.05, 3.63) is 54.2 Å². The van der Waals surface area contributed by atoms with Crippen LogP contribution in [0.15, 0.2) is 47.0 Å². The van der Waals surface area contributed by atoms with E-state index in [2.05, 4.69) is 19.9 Å². The molecule has 0 radical (unpaired) electrons. The van der Waals surface area contributed by atoms with Gasteiger partial charge in [-0.2, -0.15) is 4.98 Å². The number of hydrogen-bond acceptors (Lipinski definition) is 7. The molecule has 0 saturated carbocycles. The average molecular weight is 412 g/mol. The summed E-state index contributed by atoms with van der Waals surface area (Å²) >= 11 is 0. The lowest BCUT2D eigenvalue weighted by Gasteiger charge is -2.23. The van der Waals surface area contributed by atoms with E-state index >= 15 is 0 Å². The van der Waals surface area contributed by atoms with Gasteiger partial charge >= 0.3 is 0 Å². The summed E-state index contributed by atoms with van der Waals surface area (Å²) < 4.78 is 29.3. The second kappa shape index (κ2) is 9.13. The van der Waals surface area contributed by atoms with E-state index in [1.807, 2.05) is 30.3 Å². The SMILES string of the molecule is COc1ccc(-c2noc(CN3CCCN(c4ccc(F)cc4)CC3)n2)cc1OC. The first-order valence-electron chi connectivity index (χ1n) is 9.94. The van der Waals surface area contributed by atoms with E-state index in [9.17, 15) is 4.39 Å². The Bertz CT molecular complexity index is 977. The molecule has 1 aliphatic heterocycles. The third-order valence-corrected chi connectivity index (χ3v) is 5.25. The first-order valence-corrected chi connectivity index (χ1v) is 9.94. The summed E-state index contributed by atoms with van der Waals surface area (Å²) in [4.78, 5) is 9.13. The summed E-state index contributed by atoms with van der Waals surface area (Å²) in [5.74, 6) is 2.16. The molecule has 30 heavy (non-hydrogen) atoms. The molecule has 1 fully saturated rings. The van der Waals surface area contributed by atoms with Gasteiger partial charge in [0.25, 0.3) is 0 Å². The fourth-order valence-corrected chi connectivity index (χ4v) is 3.64. The standard InChI is InChI=1S/C22H25FN4O3/c1-28-19-9-4-16(14-20(19)29-2)22-24-21(30-25-22)15-26-10-3-11-27(13-12-26)18-7-5-17(23)6-8-18/h4-9,14H,3,10-13,15H2,1-2H3. The maximum atomic E-state index is 13.2. The zero-order chi connectivity index (χ0) is 20.9. The Labute approximate surface area is 175 Å². The quantitative estimate of drug-likeness (QED) is 0.613. The van der Waals surface area contributed by atoms with E-state index in [0.29, 0.717) is 29.8 Å². The summed E-state index contributed by atoms with van der Waals surface area (Å²) in [6, 6.07) is 12.2. The maximum absolute atomic E-state index is 13.2. The third kappa shape index (κ3) is 4.54. The first-order chi connectivity index (χ1) is 14.7. The molecular weight excluding hydrogens is 387 g/mol. The molecule has 0 atom stereocenters. The smallest absolute Gasteiger partial charge is 0.241 e. The molecule has 1 aromatic heterocycles. The highest BCUT2D eigenvalue weighted by molar-refractivity contribution is 5.60. The first kappa shape index (κ1) is 20.2. The Hall–Kier alpha value is -3.13. The van der Waals surface area contributed by atoms with Gasteiger partial charge < -0.3 is 18.9 Å². The molecule has 0 aliphatic carbocycles. The lowest BCUT2D eigenvalue weighted by atomic mass is 10.2. The second-order valence-electron chi connectivity index (χ2n) is 7.17. The van der Waals surface area contributed by atoms with E-state index in [1.165, 1.54) is 12.1 Å². The summed E-state index contributed by atoms with van der Waals surface area (Å²) in [5, 5.41) is 4.12. The highest BCUT2D eigenvalue weighted by Gasteiger charge is 2.19. The van der Waals surface area contributed by atoms with Crippen LogP contribution in [0, 0.1) is 5.82 Å². The van der Waals surface area contributed by atoms with Crippen molar-refractivity contribution in [1.29, 1.82) is 0 Å². The van der Waals surface area contributed by atoms with Gasteiger partial charge in [0, 0.05) is 37.4 Å². The van der Waals surface area contributed by atoms with Crippen molar-refractivity contribution in [2.24, 2.45) is 0 Å². The molecule has 2 heterocycles. The molecule has 0 spiro atoms. The molecule has 1 saturated heterocycles. The number of ether oxygens (including phenoxy) is 2. The number of methoxy groups -OCH3 is 2. The molecule has 2 aromatic carbocycles. The van der Waals surface area contributed by atoms with Gasteiger partial charge in [-0.15, -0.1) is 0 Å². The van der Waals surface area contributed by atoms with Crippen LogP contribution in [0.1, 0.15) is 12.3 Å². The average Bonchev–Trinajstić information content (AvgIpc) is 3.12. The van der Waals surface area contributed by atoms with Crippen molar-refractivity contribution in [2.75, 3.05) is 45.3 Å². The van der Waals surface area contributed by atoms with E-state index in [1.54, 1.807) is 14.2 Å². The van der Waals surface area contributed by atoms with Gasteiger partial charge in [-0.1, -0.05) is 5.16 Å². The summed E-state index contributed by atoms with van der Waals surface area (Å²) in [6.45, 7) is 4.19. The van der Waals surface area contributed by atoms with Gasteiger partial charge in [0.05, 0.1) is 20.8 Å². The highest BCUT2D eigenvalue weighted by Crippen LogP contribution is 2.31. The number of hydrogen-bond donors (Lipinski definition) is 0. The predicted molar refractivity (Wildman–Crippen MR) is 111 cm³/mol. The van der Waals surface area contributed by atoms with Gasteiger partial charge in [0.1, 0.15) is 5.82 Å². The van der Waals surface area contributed by atoms with Crippen molar-refractivity contribution in [3.63, 3.8) is 0 Å². The monoisotopic (exact) mass is 412 g/mol. The predicted octanol–water partition coefficient (Wildman–Crippen LogP) is 3.61. The topological polar surface area (TPSA) is 63.9 Å². The molecule has 4 rings (SSSR count). The Morgan fingerprint density at radius 1 is 0.967 bits per heavy atom. The van der Waals surface area contributed by atoms with Gasteiger partial charge in [0.2, 0.25) is 11.7 Å². The molecule has 0 unspecified atom stereocenters. The Morgan fingerprint density at radius 2 is 1.77 bits per heavy atom. The fraction of sp³-hybridized carbons (Fsp3) is 0.364. The molecule has 7 nitrogen and oxygen atoms in total. The van der Waals surface area contributed by atoms with Gasteiger partial charge in [-0.25, -0.2) is 4.39 Å². The van der Waals surface area contributed by atoms with E-state index in [4.69, 9.17) is 14.0 Å². The Kier molecular flexibility index (Phi) is 6.13. The van der Waals surface area contributed by atoms with Crippen LogP contribution < -0.4 is 14.4 Å². The van der Waals surface area contributed by atoms with Crippen molar-refractivity contribution in [3.8, 4) is 22.9 Å². The van der Waals surface area contributed by atoms with Gasteiger partial charge in [-0.05, 0) is 48.9 Å². The van der Waals surface area contributed by atoms with Crippen LogP contribution in [0.2, 0.25) is 0 Å². The molecule has 3 aromatic rings. The minimum Gasteiger partial charge on any atom is -0.493 e. The van der Waals surface area contributed by atoms with E-state index in [0.717, 1.165) is 43.9 Å². The van der Waals surface area contributed by atoms with Crippen LogP contribution in [0.5, 0.6) is 11.5 Å². The molecule has 1 aliphatic rings. The van der Waals surface area contributed by atoms with Gasteiger partial charge in [0.15, 0.2) is 11.5 Å². The molecular formula is C22H25FN4O3. The number of halogens is 1. The van der Waals surface area contributed by atoms with Crippen LogP contribution in [0.4, 0.5) is 10.1 Å². The molecule has 0 amide bonds. The minimum atomic E-state index is -0.211. The number of rotatable bonds is 6. The lowest BCUT2D eigenvalue weighted by molar-refractivity contribution is 0.239. The van der Waals surface area contributed by atoms with Crippen molar-refractivity contribution in [1.82, 2.24) is 15.0 Å². The highest BCUT2D eigenvalue weighted by atomic mass is 19.1. The van der Waals surface area contributed by atoms with E-state index < -0.39 is 0 Å².